The van der Waals surface area contributed by atoms with Crippen LogP contribution in [0, 0.1) is 19.8 Å². The van der Waals surface area contributed by atoms with Crippen molar-refractivity contribution in [1.82, 2.24) is 25.3 Å². The van der Waals surface area contributed by atoms with Crippen molar-refractivity contribution in [2.45, 2.75) is 83.0 Å². The predicted molar refractivity (Wildman–Crippen MR) is 148 cm³/mol. The van der Waals surface area contributed by atoms with Gasteiger partial charge in [0.15, 0.2) is 0 Å². The Hall–Kier alpha value is -2.75. The number of nitrogens with zero attached hydrogens (tertiary/aromatic N) is 3. The first-order valence-corrected chi connectivity index (χ1v) is 14.6. The molecule has 3 N–H and O–H groups in total. The smallest absolute Gasteiger partial charge is 0.248 e. The van der Waals surface area contributed by atoms with Crippen LogP contribution in [-0.2, 0) is 14.3 Å². The fraction of sp³-hybridized carbons (Fsp3) is 0.633. The van der Waals surface area contributed by atoms with E-state index >= 15 is 0 Å². The first-order valence-electron chi connectivity index (χ1n) is 14.6. The number of H-pyrrole nitrogens is 1. The molecular formula is C30H43N5O4. The van der Waals surface area contributed by atoms with Crippen LogP contribution in [0.3, 0.4) is 0 Å². The molecule has 2 amide bonds. The molecule has 0 aliphatic carbocycles. The number of hydrogen-bond donors (Lipinski definition) is 3. The number of piperazine rings is 1. The maximum Gasteiger partial charge on any atom is 0.248 e. The van der Waals surface area contributed by atoms with Crippen LogP contribution in [0.1, 0.15) is 74.0 Å². The molecule has 39 heavy (non-hydrogen) atoms. The van der Waals surface area contributed by atoms with Gasteiger partial charge in [0.1, 0.15) is 11.6 Å². The van der Waals surface area contributed by atoms with Gasteiger partial charge in [-0.3, -0.25) is 19.6 Å². The summed E-state index contributed by atoms with van der Waals surface area (Å²) in [6.45, 7) is 9.20. The summed E-state index contributed by atoms with van der Waals surface area (Å²) in [5.74, 6) is -0.317. The number of piperidine rings is 1. The predicted octanol–water partition coefficient (Wildman–Crippen LogP) is 2.87. The van der Waals surface area contributed by atoms with Crippen molar-refractivity contribution < 1.29 is 19.4 Å². The van der Waals surface area contributed by atoms with Gasteiger partial charge in [-0.25, -0.2) is 0 Å². The maximum absolute atomic E-state index is 13.9. The molecule has 0 bridgehead atoms. The molecular weight excluding hydrogens is 494 g/mol. The highest BCUT2D eigenvalue weighted by Gasteiger charge is 2.55. The molecule has 3 saturated heterocycles. The Morgan fingerprint density at radius 3 is 2.44 bits per heavy atom. The number of rotatable bonds is 8. The molecule has 0 radical (unpaired) electrons. The minimum atomic E-state index is -0.901. The number of ether oxygens (including phenoxy) is 1. The van der Waals surface area contributed by atoms with Gasteiger partial charge < -0.3 is 20.1 Å². The topological polar surface area (TPSA) is 111 Å². The van der Waals surface area contributed by atoms with E-state index in [4.69, 9.17) is 4.74 Å². The van der Waals surface area contributed by atoms with Crippen LogP contribution in [0.2, 0.25) is 0 Å². The summed E-state index contributed by atoms with van der Waals surface area (Å²) in [6, 6.07) is 9.55. The van der Waals surface area contributed by atoms with Crippen molar-refractivity contribution >= 4 is 11.8 Å². The van der Waals surface area contributed by atoms with E-state index in [1.54, 1.807) is 0 Å². The second kappa shape index (κ2) is 11.8. The van der Waals surface area contributed by atoms with E-state index in [-0.39, 0.29) is 23.8 Å². The summed E-state index contributed by atoms with van der Waals surface area (Å²) in [5.41, 5.74) is 3.48. The van der Waals surface area contributed by atoms with E-state index in [1.807, 2.05) is 17.9 Å². The number of aliphatic hydroxyl groups excluding tert-OH is 1. The monoisotopic (exact) mass is 537 g/mol. The number of likely N-dealkylation sites (tertiary alicyclic amines) is 1. The van der Waals surface area contributed by atoms with Gasteiger partial charge in [0.05, 0.1) is 17.8 Å². The van der Waals surface area contributed by atoms with E-state index in [2.05, 4.69) is 58.5 Å². The Kier molecular flexibility index (Phi) is 8.40. The molecule has 2 aromatic rings. The van der Waals surface area contributed by atoms with Crippen molar-refractivity contribution in [2.75, 3.05) is 32.8 Å². The number of hydrogen-bond acceptors (Lipinski definition) is 6. The summed E-state index contributed by atoms with van der Waals surface area (Å²) in [6.07, 6.45) is 3.34. The van der Waals surface area contributed by atoms with Crippen molar-refractivity contribution in [1.29, 1.82) is 0 Å². The Morgan fingerprint density at radius 1 is 1.13 bits per heavy atom. The molecule has 3 atom stereocenters. The number of unbranched alkanes of at least 4 members (excludes halogenated alkanes) is 1. The molecule has 0 saturated carbocycles. The number of benzene rings is 1. The molecule has 3 fully saturated rings. The number of aryl methyl sites for hydroxylation is 2. The first-order chi connectivity index (χ1) is 18.9. The normalized spacial score (nSPS) is 24.1. The number of carbonyl (C=O) groups is 2. The third-order valence-electron chi connectivity index (χ3n) is 9.15. The number of carbonyl (C=O) groups excluding carboxylic acids is 2. The van der Waals surface area contributed by atoms with Gasteiger partial charge in [-0.15, -0.1) is 0 Å². The summed E-state index contributed by atoms with van der Waals surface area (Å²) in [5, 5.41) is 21.8. The highest BCUT2D eigenvalue weighted by molar-refractivity contribution is 6.00. The zero-order valence-corrected chi connectivity index (χ0v) is 23.5. The SMILES string of the molecule is CCCCN1C(=O)[C@@H]([C@H](O)C2CCOCC2)NC(=O)C12CCN(C(c1ccccc1)c1c(C)n[nH]c1C)CC2. The second-order valence-electron chi connectivity index (χ2n) is 11.5. The minimum Gasteiger partial charge on any atom is -0.390 e. The van der Waals surface area contributed by atoms with E-state index in [0.29, 0.717) is 58.5 Å². The summed E-state index contributed by atoms with van der Waals surface area (Å²) in [4.78, 5) is 32.1. The third-order valence-corrected chi connectivity index (χ3v) is 9.15. The van der Waals surface area contributed by atoms with Gasteiger partial charge in [0.2, 0.25) is 11.8 Å². The third kappa shape index (κ3) is 5.24. The number of nitrogens with one attached hydrogen (secondary N) is 2. The lowest BCUT2D eigenvalue weighted by Crippen LogP contribution is -2.75. The van der Waals surface area contributed by atoms with Crippen LogP contribution in [0.15, 0.2) is 30.3 Å². The van der Waals surface area contributed by atoms with Gasteiger partial charge >= 0.3 is 0 Å². The molecule has 1 unspecified atom stereocenters. The lowest BCUT2D eigenvalue weighted by molar-refractivity contribution is -0.166. The fourth-order valence-corrected chi connectivity index (χ4v) is 6.85. The minimum absolute atomic E-state index is 0.0110. The highest BCUT2D eigenvalue weighted by atomic mass is 16.5. The van der Waals surface area contributed by atoms with Crippen molar-refractivity contribution in [3.63, 3.8) is 0 Å². The van der Waals surface area contributed by atoms with Gasteiger partial charge in [0.25, 0.3) is 0 Å². The van der Waals surface area contributed by atoms with Gasteiger partial charge in [-0.05, 0) is 57.4 Å². The van der Waals surface area contributed by atoms with Crippen LogP contribution in [0.25, 0.3) is 0 Å². The zero-order chi connectivity index (χ0) is 27.6. The number of aromatic amines is 1. The molecule has 1 aromatic carbocycles. The molecule has 212 valence electrons. The van der Waals surface area contributed by atoms with Crippen LogP contribution >= 0.6 is 0 Å². The fourth-order valence-electron chi connectivity index (χ4n) is 6.85. The van der Waals surface area contributed by atoms with Gasteiger partial charge in [-0.1, -0.05) is 43.7 Å². The van der Waals surface area contributed by atoms with Crippen LogP contribution in [0.5, 0.6) is 0 Å². The highest BCUT2D eigenvalue weighted by Crippen LogP contribution is 2.40. The Morgan fingerprint density at radius 2 is 1.82 bits per heavy atom. The van der Waals surface area contributed by atoms with Crippen molar-refractivity contribution in [3.05, 3.63) is 52.8 Å². The van der Waals surface area contributed by atoms with Crippen LogP contribution < -0.4 is 5.32 Å². The van der Waals surface area contributed by atoms with E-state index in [0.717, 1.165) is 24.2 Å². The molecule has 9 heteroatoms. The Labute approximate surface area is 231 Å². The van der Waals surface area contributed by atoms with E-state index in [9.17, 15) is 14.7 Å². The molecule has 3 aliphatic heterocycles. The lowest BCUT2D eigenvalue weighted by atomic mass is 9.78. The zero-order valence-electron chi connectivity index (χ0n) is 23.5. The Bertz CT molecular complexity index is 1120. The molecule has 1 spiro atoms. The average molecular weight is 538 g/mol. The number of amides is 2. The summed E-state index contributed by atoms with van der Waals surface area (Å²) in [7, 11) is 0. The molecule has 1 aromatic heterocycles. The Balaban J connectivity index is 1.40. The lowest BCUT2D eigenvalue weighted by Gasteiger charge is -2.53. The first kappa shape index (κ1) is 27.8. The quantitative estimate of drug-likeness (QED) is 0.478. The number of aromatic nitrogens is 2. The van der Waals surface area contributed by atoms with E-state index in [1.165, 1.54) is 11.1 Å². The molecule has 9 nitrogen and oxygen atoms in total. The summed E-state index contributed by atoms with van der Waals surface area (Å²) >= 11 is 0. The molecule has 3 aliphatic rings. The molecule has 5 rings (SSSR count). The maximum atomic E-state index is 13.9. The van der Waals surface area contributed by atoms with Gasteiger partial charge in [-0.2, -0.15) is 5.10 Å². The number of aliphatic hydroxyl groups is 1. The second-order valence-corrected chi connectivity index (χ2v) is 11.5. The van der Waals surface area contributed by atoms with Crippen LogP contribution in [0.4, 0.5) is 0 Å². The largest absolute Gasteiger partial charge is 0.390 e. The van der Waals surface area contributed by atoms with Crippen LogP contribution in [-0.4, -0.2) is 87.5 Å². The standard InChI is InChI=1S/C30H43N5O4/c1-4-5-15-35-28(37)25(27(36)23-11-18-39-19-12-23)31-29(38)30(35)13-16-34(17-14-30)26(22-9-7-6-8-10-22)24-20(2)32-33-21(24)3/h6-10,23,25-27,36H,4-5,11-19H2,1-3H3,(H,31,38)(H,32,33)/t25-,26?,27-/m1/s1. The van der Waals surface area contributed by atoms with Gasteiger partial charge in [0, 0.05) is 44.1 Å². The van der Waals surface area contributed by atoms with E-state index < -0.39 is 17.7 Å². The van der Waals surface area contributed by atoms with Crippen molar-refractivity contribution in [2.24, 2.45) is 5.92 Å². The molecule has 4 heterocycles. The average Bonchev–Trinajstić information content (AvgIpc) is 3.30. The summed E-state index contributed by atoms with van der Waals surface area (Å²) < 4.78 is 5.45. The van der Waals surface area contributed by atoms with Crippen molar-refractivity contribution in [3.8, 4) is 0 Å².